The lowest BCUT2D eigenvalue weighted by molar-refractivity contribution is 0.563. The minimum atomic E-state index is -3.76. The van der Waals surface area contributed by atoms with Gasteiger partial charge in [-0.2, -0.15) is 5.26 Å². The minimum Gasteiger partial charge on any atom is -0.260 e. The molecule has 0 aliphatic heterocycles. The van der Waals surface area contributed by atoms with Crippen molar-refractivity contribution in [2.45, 2.75) is 17.9 Å². The van der Waals surface area contributed by atoms with Crippen molar-refractivity contribution in [3.8, 4) is 6.07 Å². The molecular formula is C14H13N3O2S. The molecule has 2 rings (SSSR count). The fourth-order valence-corrected chi connectivity index (χ4v) is 3.16. The van der Waals surface area contributed by atoms with E-state index < -0.39 is 16.1 Å². The van der Waals surface area contributed by atoms with E-state index in [0.29, 0.717) is 5.69 Å². The molecule has 1 atom stereocenters. The lowest BCUT2D eigenvalue weighted by Gasteiger charge is -2.14. The zero-order chi connectivity index (χ0) is 14.6. The molecule has 0 aliphatic rings. The highest BCUT2D eigenvalue weighted by molar-refractivity contribution is 7.89. The number of nitrogens with one attached hydrogen (secondary N) is 1. The molecule has 1 heterocycles. The summed E-state index contributed by atoms with van der Waals surface area (Å²) in [6.07, 6.45) is 1.60. The van der Waals surface area contributed by atoms with E-state index in [-0.39, 0.29) is 10.5 Å². The van der Waals surface area contributed by atoms with E-state index in [2.05, 4.69) is 9.71 Å². The van der Waals surface area contributed by atoms with Gasteiger partial charge in [0.2, 0.25) is 10.0 Å². The Labute approximate surface area is 118 Å². The number of nitriles is 1. The summed E-state index contributed by atoms with van der Waals surface area (Å²) in [7, 11) is -3.76. The van der Waals surface area contributed by atoms with Crippen LogP contribution in [0.15, 0.2) is 53.6 Å². The summed E-state index contributed by atoms with van der Waals surface area (Å²) in [6.45, 7) is 1.70. The van der Waals surface area contributed by atoms with Crippen LogP contribution in [0.25, 0.3) is 0 Å². The van der Waals surface area contributed by atoms with Gasteiger partial charge in [0.1, 0.15) is 6.07 Å². The van der Waals surface area contributed by atoms with Crippen LogP contribution in [-0.2, 0) is 10.0 Å². The van der Waals surface area contributed by atoms with Crippen LogP contribution in [-0.4, -0.2) is 13.4 Å². The minimum absolute atomic E-state index is 0.0229. The molecule has 102 valence electrons. The van der Waals surface area contributed by atoms with Gasteiger partial charge >= 0.3 is 0 Å². The van der Waals surface area contributed by atoms with Crippen molar-refractivity contribution in [3.05, 3.63) is 59.9 Å². The number of nitrogens with zero attached hydrogens (tertiary/aromatic N) is 2. The highest BCUT2D eigenvalue weighted by Gasteiger charge is 2.21. The van der Waals surface area contributed by atoms with Crippen molar-refractivity contribution < 1.29 is 8.42 Å². The molecule has 0 saturated heterocycles. The molecule has 0 bridgehead atoms. The number of aromatic nitrogens is 1. The second-order valence-electron chi connectivity index (χ2n) is 4.21. The quantitative estimate of drug-likeness (QED) is 0.932. The Balaban J connectivity index is 2.31. The maximum absolute atomic E-state index is 12.3. The van der Waals surface area contributed by atoms with Crippen LogP contribution in [0.1, 0.15) is 24.2 Å². The highest BCUT2D eigenvalue weighted by atomic mass is 32.2. The molecule has 0 spiro atoms. The van der Waals surface area contributed by atoms with Gasteiger partial charge in [0.15, 0.2) is 0 Å². The number of sulfonamides is 1. The predicted octanol–water partition coefficient (Wildman–Crippen LogP) is 1.99. The van der Waals surface area contributed by atoms with Crippen molar-refractivity contribution in [1.82, 2.24) is 9.71 Å². The molecule has 1 aromatic carbocycles. The zero-order valence-electron chi connectivity index (χ0n) is 10.8. The topological polar surface area (TPSA) is 82.9 Å². The summed E-state index contributed by atoms with van der Waals surface area (Å²) in [6, 6.07) is 12.8. The van der Waals surface area contributed by atoms with Crippen LogP contribution in [0.4, 0.5) is 0 Å². The third-order valence-electron chi connectivity index (χ3n) is 2.76. The predicted molar refractivity (Wildman–Crippen MR) is 74.1 cm³/mol. The molecule has 0 aliphatic carbocycles. The SMILES string of the molecule is CC(NS(=O)(=O)c1ccccc1C#N)c1ccccn1. The van der Waals surface area contributed by atoms with E-state index in [0.717, 1.165) is 0 Å². The van der Waals surface area contributed by atoms with Crippen LogP contribution in [0.5, 0.6) is 0 Å². The molecule has 20 heavy (non-hydrogen) atoms. The van der Waals surface area contributed by atoms with Crippen LogP contribution in [0.2, 0.25) is 0 Å². The third kappa shape index (κ3) is 3.02. The summed E-state index contributed by atoms with van der Waals surface area (Å²) >= 11 is 0. The van der Waals surface area contributed by atoms with Crippen molar-refractivity contribution in [2.24, 2.45) is 0 Å². The molecule has 0 fully saturated rings. The third-order valence-corrected chi connectivity index (χ3v) is 4.36. The second kappa shape index (κ2) is 5.82. The average Bonchev–Trinajstić information content (AvgIpc) is 2.47. The van der Waals surface area contributed by atoms with Gasteiger partial charge in [-0.1, -0.05) is 18.2 Å². The molecule has 5 nitrogen and oxygen atoms in total. The number of hydrogen-bond acceptors (Lipinski definition) is 4. The molecule has 1 aromatic heterocycles. The van der Waals surface area contributed by atoms with E-state index in [1.165, 1.54) is 12.1 Å². The Kier molecular flexibility index (Phi) is 4.13. The molecular weight excluding hydrogens is 274 g/mol. The normalized spacial score (nSPS) is 12.6. The molecule has 6 heteroatoms. The maximum atomic E-state index is 12.3. The van der Waals surface area contributed by atoms with Crippen LogP contribution < -0.4 is 4.72 Å². The van der Waals surface area contributed by atoms with Crippen LogP contribution in [0, 0.1) is 11.3 Å². The Morgan fingerprint density at radius 1 is 1.20 bits per heavy atom. The van der Waals surface area contributed by atoms with Gasteiger partial charge in [0.05, 0.1) is 22.2 Å². The van der Waals surface area contributed by atoms with Crippen LogP contribution >= 0.6 is 0 Å². The summed E-state index contributed by atoms with van der Waals surface area (Å²) in [5.74, 6) is 0. The van der Waals surface area contributed by atoms with E-state index >= 15 is 0 Å². The van der Waals surface area contributed by atoms with Gasteiger partial charge in [-0.15, -0.1) is 0 Å². The zero-order valence-corrected chi connectivity index (χ0v) is 11.6. The first-order chi connectivity index (χ1) is 9.54. The fourth-order valence-electron chi connectivity index (χ4n) is 1.78. The fraction of sp³-hybridized carbons (Fsp3) is 0.143. The molecule has 0 amide bonds. The number of hydrogen-bond donors (Lipinski definition) is 1. The molecule has 2 aromatic rings. The van der Waals surface area contributed by atoms with Crippen molar-refractivity contribution >= 4 is 10.0 Å². The molecule has 1 N–H and O–H groups in total. The Morgan fingerprint density at radius 3 is 2.55 bits per heavy atom. The van der Waals surface area contributed by atoms with Gasteiger partial charge in [-0.25, -0.2) is 13.1 Å². The standard InChI is InChI=1S/C14H13N3O2S/c1-11(13-7-4-5-9-16-13)17-20(18,19)14-8-3-2-6-12(14)10-15/h2-9,11,17H,1H3. The molecule has 1 unspecified atom stereocenters. The Bertz CT molecular complexity index is 737. The van der Waals surface area contributed by atoms with Gasteiger partial charge in [-0.3, -0.25) is 4.98 Å². The lowest BCUT2D eigenvalue weighted by Crippen LogP contribution is -2.28. The Morgan fingerprint density at radius 2 is 1.90 bits per heavy atom. The second-order valence-corrected chi connectivity index (χ2v) is 5.89. The number of benzene rings is 1. The van der Waals surface area contributed by atoms with Gasteiger partial charge in [0, 0.05) is 6.20 Å². The van der Waals surface area contributed by atoms with Crippen molar-refractivity contribution in [3.63, 3.8) is 0 Å². The summed E-state index contributed by atoms with van der Waals surface area (Å²) in [5, 5.41) is 8.98. The molecule has 0 radical (unpaired) electrons. The smallest absolute Gasteiger partial charge is 0.242 e. The average molecular weight is 287 g/mol. The first kappa shape index (κ1) is 14.2. The summed E-state index contributed by atoms with van der Waals surface area (Å²) in [4.78, 5) is 4.08. The first-order valence-corrected chi connectivity index (χ1v) is 7.45. The monoisotopic (exact) mass is 287 g/mol. The number of rotatable bonds is 4. The maximum Gasteiger partial charge on any atom is 0.242 e. The van der Waals surface area contributed by atoms with E-state index in [9.17, 15) is 8.42 Å². The van der Waals surface area contributed by atoms with E-state index in [1.54, 1.807) is 43.5 Å². The number of pyridine rings is 1. The highest BCUT2D eigenvalue weighted by Crippen LogP contribution is 2.18. The van der Waals surface area contributed by atoms with Gasteiger partial charge < -0.3 is 0 Å². The van der Waals surface area contributed by atoms with Gasteiger partial charge in [0.25, 0.3) is 0 Å². The summed E-state index contributed by atoms with van der Waals surface area (Å²) in [5.41, 5.74) is 0.735. The Hall–Kier alpha value is -2.23. The summed E-state index contributed by atoms with van der Waals surface area (Å²) < 4.78 is 27.1. The lowest BCUT2D eigenvalue weighted by atomic mass is 10.2. The molecule has 0 saturated carbocycles. The largest absolute Gasteiger partial charge is 0.260 e. The van der Waals surface area contributed by atoms with Crippen LogP contribution in [0.3, 0.4) is 0 Å². The van der Waals surface area contributed by atoms with E-state index in [4.69, 9.17) is 5.26 Å². The first-order valence-electron chi connectivity index (χ1n) is 5.97. The van der Waals surface area contributed by atoms with E-state index in [1.807, 2.05) is 6.07 Å². The van der Waals surface area contributed by atoms with Gasteiger partial charge in [-0.05, 0) is 31.2 Å². The van der Waals surface area contributed by atoms with Crippen molar-refractivity contribution in [2.75, 3.05) is 0 Å². The van der Waals surface area contributed by atoms with Crippen molar-refractivity contribution in [1.29, 1.82) is 5.26 Å².